The van der Waals surface area contributed by atoms with Gasteiger partial charge in [0.1, 0.15) is 0 Å². The van der Waals surface area contributed by atoms with Gasteiger partial charge in [-0.1, -0.05) is 127 Å². The van der Waals surface area contributed by atoms with Gasteiger partial charge in [-0.05, 0) is 68.4 Å². The zero-order valence-electron chi connectivity index (χ0n) is 24.4. The molecule has 0 bridgehead atoms. The monoisotopic (exact) mass is 558 g/mol. The summed E-state index contributed by atoms with van der Waals surface area (Å²) in [6.07, 6.45) is 24.5. The quantitative estimate of drug-likeness (QED) is 0.0876. The number of aliphatic imine (C=N–C) groups is 2. The van der Waals surface area contributed by atoms with Crippen molar-refractivity contribution in [2.24, 2.45) is 9.98 Å². The number of rotatable bonds is 20. The number of para-hydroxylation sites is 1. The van der Waals surface area contributed by atoms with Gasteiger partial charge in [0.25, 0.3) is 0 Å². The van der Waals surface area contributed by atoms with Crippen LogP contribution in [-0.2, 0) is 16.5 Å². The second-order valence-corrected chi connectivity index (χ2v) is 10.3. The fraction of sp³-hybridized carbons (Fsp3) is 0.543. The largest absolute Gasteiger partial charge is 0.252 e. The Hall–Kier alpha value is -1.99. The third kappa shape index (κ3) is 15.4. The second kappa shape index (κ2) is 22.9. The van der Waals surface area contributed by atoms with Crippen LogP contribution in [-0.4, -0.2) is 11.4 Å². The maximum atomic E-state index is 5.20. The van der Waals surface area contributed by atoms with E-state index in [1.54, 1.807) is 0 Å². The molecule has 0 saturated carbocycles. The van der Waals surface area contributed by atoms with E-state index in [2.05, 4.69) is 87.5 Å². The van der Waals surface area contributed by atoms with Gasteiger partial charge in [-0.25, -0.2) is 0 Å². The van der Waals surface area contributed by atoms with Crippen LogP contribution in [0.5, 0.6) is 0 Å². The molecule has 2 rings (SSSR count). The summed E-state index contributed by atoms with van der Waals surface area (Å²) in [4.78, 5) is 10.3. The smallest absolute Gasteiger partial charge is 0.0639 e. The van der Waals surface area contributed by atoms with Gasteiger partial charge < -0.3 is 0 Å². The summed E-state index contributed by atoms with van der Waals surface area (Å²) in [7, 11) is 0. The Balaban J connectivity index is 0.00000722. The van der Waals surface area contributed by atoms with Crippen molar-refractivity contribution in [1.29, 1.82) is 0 Å². The molecule has 0 unspecified atom stereocenters. The molecule has 0 radical (unpaired) electrons. The minimum atomic E-state index is 0. The normalized spacial score (nSPS) is 12.2. The van der Waals surface area contributed by atoms with E-state index in [-0.39, 0.29) is 16.5 Å². The van der Waals surface area contributed by atoms with Crippen LogP contribution in [0.3, 0.4) is 0 Å². The summed E-state index contributed by atoms with van der Waals surface area (Å²) in [5.41, 5.74) is 5.63. The third-order valence-corrected chi connectivity index (χ3v) is 6.81. The van der Waals surface area contributed by atoms with Crippen molar-refractivity contribution < 1.29 is 16.5 Å². The van der Waals surface area contributed by atoms with E-state index < -0.39 is 0 Å². The first-order valence-electron chi connectivity index (χ1n) is 15.2. The molecule has 0 N–H and O–H groups in total. The van der Waals surface area contributed by atoms with Gasteiger partial charge in [0.05, 0.1) is 22.8 Å². The van der Waals surface area contributed by atoms with E-state index in [1.165, 1.54) is 76.2 Å². The molecule has 0 spiro atoms. The SMILES string of the molecule is CCCCCCCCC/C=C/c1cccc(N=C(CCCC)C(CCCCCC)=Nc2ccccc2)c1.[Ni]. The molecule has 3 heteroatoms. The van der Waals surface area contributed by atoms with Crippen LogP contribution in [0.25, 0.3) is 6.08 Å². The molecule has 0 fully saturated rings. The first kappa shape index (κ1) is 34.0. The van der Waals surface area contributed by atoms with Crippen LogP contribution in [0, 0.1) is 0 Å². The molecule has 0 aliphatic carbocycles. The molecule has 0 saturated heterocycles. The van der Waals surface area contributed by atoms with Crippen molar-refractivity contribution in [3.05, 3.63) is 66.2 Å². The van der Waals surface area contributed by atoms with Crippen LogP contribution in [0.1, 0.15) is 129 Å². The zero-order valence-corrected chi connectivity index (χ0v) is 25.4. The summed E-state index contributed by atoms with van der Waals surface area (Å²) in [5, 5.41) is 0. The van der Waals surface area contributed by atoms with Gasteiger partial charge in [0, 0.05) is 16.5 Å². The number of benzene rings is 2. The summed E-state index contributed by atoms with van der Waals surface area (Å²) >= 11 is 0. The van der Waals surface area contributed by atoms with Gasteiger partial charge in [-0.3, -0.25) is 9.98 Å². The fourth-order valence-corrected chi connectivity index (χ4v) is 4.54. The van der Waals surface area contributed by atoms with E-state index in [4.69, 9.17) is 9.98 Å². The molecule has 0 heterocycles. The standard InChI is InChI=1S/C35H52N2.Ni/c1-4-7-10-12-13-14-15-16-18-23-31-24-22-27-33(30-31)37-34(28-9-6-3)35(29-21-11-8-5-2)36-32-25-19-17-20-26-32;/h17-20,22-27,30H,4-16,21,28-29H2,1-3H3;/b23-18+,36-35?,37-34?;. The molecule has 0 atom stereocenters. The van der Waals surface area contributed by atoms with Crippen molar-refractivity contribution in [1.82, 2.24) is 0 Å². The molecule has 212 valence electrons. The molecular weight excluding hydrogens is 507 g/mol. The summed E-state index contributed by atoms with van der Waals surface area (Å²) in [6.45, 7) is 6.80. The van der Waals surface area contributed by atoms with E-state index in [9.17, 15) is 0 Å². The second-order valence-electron chi connectivity index (χ2n) is 10.3. The number of allylic oxidation sites excluding steroid dienone is 1. The maximum Gasteiger partial charge on any atom is 0.0639 e. The first-order chi connectivity index (χ1) is 18.3. The van der Waals surface area contributed by atoms with Crippen LogP contribution in [0.4, 0.5) is 11.4 Å². The van der Waals surface area contributed by atoms with Crippen LogP contribution >= 0.6 is 0 Å². The van der Waals surface area contributed by atoms with Gasteiger partial charge in [-0.2, -0.15) is 0 Å². The predicted molar refractivity (Wildman–Crippen MR) is 167 cm³/mol. The van der Waals surface area contributed by atoms with E-state index >= 15 is 0 Å². The average molecular weight is 560 g/mol. The molecule has 38 heavy (non-hydrogen) atoms. The van der Waals surface area contributed by atoms with Gasteiger partial charge in [0.15, 0.2) is 0 Å². The van der Waals surface area contributed by atoms with Crippen LogP contribution < -0.4 is 0 Å². The molecule has 0 aliphatic heterocycles. The number of unbranched alkanes of at least 4 members (excludes halogenated alkanes) is 11. The van der Waals surface area contributed by atoms with Gasteiger partial charge in [-0.15, -0.1) is 0 Å². The Morgan fingerprint density at radius 2 is 1.13 bits per heavy atom. The Morgan fingerprint density at radius 3 is 1.82 bits per heavy atom. The topological polar surface area (TPSA) is 24.7 Å². The fourth-order valence-electron chi connectivity index (χ4n) is 4.54. The minimum absolute atomic E-state index is 0. The van der Waals surface area contributed by atoms with Crippen molar-refractivity contribution in [3.8, 4) is 0 Å². The van der Waals surface area contributed by atoms with E-state index in [0.29, 0.717) is 0 Å². The number of nitrogens with zero attached hydrogens (tertiary/aromatic N) is 2. The average Bonchev–Trinajstić information content (AvgIpc) is 2.92. The van der Waals surface area contributed by atoms with Crippen molar-refractivity contribution in [2.75, 3.05) is 0 Å². The minimum Gasteiger partial charge on any atom is -0.252 e. The van der Waals surface area contributed by atoms with Crippen molar-refractivity contribution >= 4 is 28.9 Å². The molecule has 2 aromatic carbocycles. The first-order valence-corrected chi connectivity index (χ1v) is 15.2. The zero-order chi connectivity index (χ0) is 26.4. The number of hydrogen-bond donors (Lipinski definition) is 0. The van der Waals surface area contributed by atoms with Gasteiger partial charge >= 0.3 is 0 Å². The Morgan fingerprint density at radius 1 is 0.579 bits per heavy atom. The predicted octanol–water partition coefficient (Wildman–Crippen LogP) is 11.8. The van der Waals surface area contributed by atoms with E-state index in [1.807, 2.05) is 0 Å². The van der Waals surface area contributed by atoms with Crippen LogP contribution in [0.2, 0.25) is 0 Å². The molecule has 0 aliphatic rings. The molecule has 0 amide bonds. The molecule has 0 aromatic heterocycles. The molecule has 2 nitrogen and oxygen atoms in total. The molecule has 2 aromatic rings. The molecular formula is C35H52N2Ni. The van der Waals surface area contributed by atoms with Crippen molar-refractivity contribution in [2.45, 2.75) is 124 Å². The third-order valence-electron chi connectivity index (χ3n) is 6.81. The Kier molecular flexibility index (Phi) is 20.6. The maximum absolute atomic E-state index is 5.20. The summed E-state index contributed by atoms with van der Waals surface area (Å²) in [5.74, 6) is 0. The Bertz CT molecular complexity index is 930. The van der Waals surface area contributed by atoms with E-state index in [0.717, 1.165) is 54.9 Å². The summed E-state index contributed by atoms with van der Waals surface area (Å²) < 4.78 is 0. The summed E-state index contributed by atoms with van der Waals surface area (Å²) in [6, 6.07) is 19.1. The van der Waals surface area contributed by atoms with Crippen molar-refractivity contribution in [3.63, 3.8) is 0 Å². The van der Waals surface area contributed by atoms with Crippen LogP contribution in [0.15, 0.2) is 70.7 Å². The van der Waals surface area contributed by atoms with Gasteiger partial charge in [0.2, 0.25) is 0 Å². The Labute approximate surface area is 244 Å². The number of hydrogen-bond acceptors (Lipinski definition) is 2.